The van der Waals surface area contributed by atoms with Gasteiger partial charge in [-0.3, -0.25) is 4.79 Å². The first-order chi connectivity index (χ1) is 15.8. The summed E-state index contributed by atoms with van der Waals surface area (Å²) in [4.78, 5) is 14.8. The molecule has 1 N–H and O–H groups in total. The second-order valence-corrected chi connectivity index (χ2v) is 9.70. The van der Waals surface area contributed by atoms with Crippen LogP contribution in [0.2, 0.25) is 0 Å². The molecule has 0 radical (unpaired) electrons. The Morgan fingerprint density at radius 3 is 2.58 bits per heavy atom. The van der Waals surface area contributed by atoms with Crippen molar-refractivity contribution in [1.29, 1.82) is 0 Å². The van der Waals surface area contributed by atoms with Crippen molar-refractivity contribution in [2.75, 3.05) is 19.6 Å². The Kier molecular flexibility index (Phi) is 6.94. The summed E-state index contributed by atoms with van der Waals surface area (Å²) < 4.78 is 17.9. The van der Waals surface area contributed by atoms with Gasteiger partial charge in [0.25, 0.3) is 0 Å². The van der Waals surface area contributed by atoms with E-state index in [1.54, 1.807) is 0 Å². The van der Waals surface area contributed by atoms with E-state index in [1.165, 1.54) is 0 Å². The number of rotatable bonds is 7. The minimum atomic E-state index is -0.501. The monoisotopic (exact) mass is 450 g/mol. The Bertz CT molecular complexity index is 979. The Morgan fingerprint density at radius 1 is 1.15 bits per heavy atom. The molecule has 2 heterocycles. The molecule has 4 rings (SSSR count). The van der Waals surface area contributed by atoms with Crippen molar-refractivity contribution in [3.05, 3.63) is 77.2 Å². The maximum atomic E-state index is 12.6. The van der Waals surface area contributed by atoms with Crippen LogP contribution >= 0.6 is 0 Å². The Balaban J connectivity index is 1.46. The van der Waals surface area contributed by atoms with Gasteiger partial charge in [-0.15, -0.1) is 0 Å². The number of nitrogens with one attached hydrogen (secondary N) is 1. The van der Waals surface area contributed by atoms with Crippen molar-refractivity contribution in [2.24, 2.45) is 5.92 Å². The Labute approximate surface area is 196 Å². The van der Waals surface area contributed by atoms with Crippen LogP contribution < -0.4 is 10.1 Å². The number of nitrogens with zero attached hydrogens (tertiary/aromatic N) is 1. The molecule has 0 bridgehead atoms. The van der Waals surface area contributed by atoms with E-state index < -0.39 is 5.60 Å². The van der Waals surface area contributed by atoms with Crippen LogP contribution in [-0.4, -0.2) is 36.1 Å². The number of carbonyl (C=O) groups excluding carboxylic acids is 1. The van der Waals surface area contributed by atoms with Gasteiger partial charge >= 0.3 is 5.97 Å². The fraction of sp³-hybridized carbons (Fsp3) is 0.444. The average molecular weight is 451 g/mol. The van der Waals surface area contributed by atoms with Gasteiger partial charge in [0.1, 0.15) is 23.7 Å². The highest BCUT2D eigenvalue weighted by atomic mass is 16.6. The third-order valence-corrected chi connectivity index (χ3v) is 5.72. The highest BCUT2D eigenvalue weighted by Gasteiger charge is 2.37. The fourth-order valence-corrected chi connectivity index (χ4v) is 4.08. The van der Waals surface area contributed by atoms with Crippen LogP contribution in [0.1, 0.15) is 51.5 Å². The molecule has 0 spiro atoms. The summed E-state index contributed by atoms with van der Waals surface area (Å²) in [6.45, 7) is 10.3. The van der Waals surface area contributed by atoms with Gasteiger partial charge in [-0.2, -0.15) is 0 Å². The maximum absolute atomic E-state index is 12.6. The third-order valence-electron chi connectivity index (χ3n) is 5.72. The van der Waals surface area contributed by atoms with Crippen molar-refractivity contribution in [2.45, 2.75) is 52.6 Å². The first-order valence-corrected chi connectivity index (χ1v) is 11.7. The van der Waals surface area contributed by atoms with Gasteiger partial charge in [0.05, 0.1) is 11.6 Å². The molecule has 2 aromatic rings. The SMILES string of the molecule is CC(CN1C2=C(CCNC2)OC1c1ccc(OCc2ccccc2)cc1)C(=O)OC(C)(C)C. The van der Waals surface area contributed by atoms with Gasteiger partial charge in [0.15, 0.2) is 6.23 Å². The summed E-state index contributed by atoms with van der Waals surface area (Å²) in [7, 11) is 0. The third kappa shape index (κ3) is 5.88. The number of ether oxygens (including phenoxy) is 3. The van der Waals surface area contributed by atoms with Crippen LogP contribution in [0.4, 0.5) is 0 Å². The molecule has 6 nitrogen and oxygen atoms in total. The summed E-state index contributed by atoms with van der Waals surface area (Å²) in [5.41, 5.74) is 2.80. The molecule has 2 atom stereocenters. The first-order valence-electron chi connectivity index (χ1n) is 11.7. The van der Waals surface area contributed by atoms with E-state index in [1.807, 2.05) is 70.2 Å². The predicted molar refractivity (Wildman–Crippen MR) is 127 cm³/mol. The molecule has 2 aliphatic rings. The summed E-state index contributed by atoms with van der Waals surface area (Å²) in [6, 6.07) is 18.2. The molecule has 33 heavy (non-hydrogen) atoms. The molecule has 2 unspecified atom stereocenters. The Morgan fingerprint density at radius 2 is 1.88 bits per heavy atom. The van der Waals surface area contributed by atoms with E-state index in [9.17, 15) is 4.79 Å². The lowest BCUT2D eigenvalue weighted by molar-refractivity contribution is -0.160. The topological polar surface area (TPSA) is 60.0 Å². The molecule has 0 amide bonds. The second kappa shape index (κ2) is 9.87. The largest absolute Gasteiger partial charge is 0.489 e. The molecule has 0 fully saturated rings. The summed E-state index contributed by atoms with van der Waals surface area (Å²) >= 11 is 0. The zero-order chi connectivity index (χ0) is 23.4. The summed E-state index contributed by atoms with van der Waals surface area (Å²) in [5.74, 6) is 1.36. The van der Waals surface area contributed by atoms with Gasteiger partial charge in [0, 0.05) is 31.6 Å². The quantitative estimate of drug-likeness (QED) is 0.613. The predicted octanol–water partition coefficient (Wildman–Crippen LogP) is 4.78. The van der Waals surface area contributed by atoms with Crippen molar-refractivity contribution in [3.8, 4) is 5.75 Å². The zero-order valence-electron chi connectivity index (χ0n) is 20.0. The van der Waals surface area contributed by atoms with Gasteiger partial charge in [-0.05, 0) is 50.6 Å². The second-order valence-electron chi connectivity index (χ2n) is 9.70. The lowest BCUT2D eigenvalue weighted by Crippen LogP contribution is -2.38. The standard InChI is InChI=1S/C27H34N2O4/c1-19(26(30)33-27(2,3)4)17-29-23-16-28-15-14-24(23)32-25(29)21-10-12-22(13-11-21)31-18-20-8-6-5-7-9-20/h5-13,19,25,28H,14-18H2,1-4H3. The summed E-state index contributed by atoms with van der Waals surface area (Å²) in [5, 5.41) is 3.42. The number of hydrogen-bond acceptors (Lipinski definition) is 6. The fourth-order valence-electron chi connectivity index (χ4n) is 4.08. The molecule has 0 saturated carbocycles. The highest BCUT2D eigenvalue weighted by Crippen LogP contribution is 2.39. The van der Waals surface area contributed by atoms with Crippen molar-refractivity contribution >= 4 is 5.97 Å². The van der Waals surface area contributed by atoms with Crippen molar-refractivity contribution < 1.29 is 19.0 Å². The molecule has 0 aliphatic carbocycles. The van der Waals surface area contributed by atoms with Crippen LogP contribution in [0.25, 0.3) is 0 Å². The maximum Gasteiger partial charge on any atom is 0.310 e. The minimum Gasteiger partial charge on any atom is -0.489 e. The molecular formula is C27H34N2O4. The summed E-state index contributed by atoms with van der Waals surface area (Å²) in [6.07, 6.45) is 0.587. The van der Waals surface area contributed by atoms with Crippen LogP contribution in [-0.2, 0) is 20.9 Å². The lowest BCUT2D eigenvalue weighted by Gasteiger charge is -2.31. The van der Waals surface area contributed by atoms with Gasteiger partial charge in [-0.1, -0.05) is 37.3 Å². The van der Waals surface area contributed by atoms with Crippen molar-refractivity contribution in [3.63, 3.8) is 0 Å². The zero-order valence-corrected chi connectivity index (χ0v) is 20.0. The smallest absolute Gasteiger partial charge is 0.310 e. The molecule has 6 heteroatoms. The number of benzene rings is 2. The van der Waals surface area contributed by atoms with Crippen molar-refractivity contribution in [1.82, 2.24) is 10.2 Å². The van der Waals surface area contributed by atoms with E-state index in [-0.39, 0.29) is 18.1 Å². The number of carbonyl (C=O) groups is 1. The first kappa shape index (κ1) is 23.2. The normalized spacial score (nSPS) is 19.0. The highest BCUT2D eigenvalue weighted by molar-refractivity contribution is 5.72. The molecular weight excluding hydrogens is 416 g/mol. The number of esters is 1. The average Bonchev–Trinajstić information content (AvgIpc) is 3.16. The van der Waals surface area contributed by atoms with Gasteiger partial charge in [0.2, 0.25) is 0 Å². The molecule has 2 aliphatic heterocycles. The van der Waals surface area contributed by atoms with E-state index in [4.69, 9.17) is 14.2 Å². The Hall–Kier alpha value is -2.99. The molecule has 176 valence electrons. The number of hydrogen-bond donors (Lipinski definition) is 1. The van der Waals surface area contributed by atoms with E-state index >= 15 is 0 Å². The molecule has 0 saturated heterocycles. The minimum absolute atomic E-state index is 0.191. The molecule has 0 aromatic heterocycles. The van der Waals surface area contributed by atoms with E-state index in [2.05, 4.69) is 22.3 Å². The van der Waals surface area contributed by atoms with Gasteiger partial charge < -0.3 is 24.4 Å². The molecule has 2 aromatic carbocycles. The lowest BCUT2D eigenvalue weighted by atomic mass is 10.1. The van der Waals surface area contributed by atoms with E-state index in [0.717, 1.165) is 47.8 Å². The van der Waals surface area contributed by atoms with Crippen LogP contribution in [0, 0.1) is 5.92 Å². The van der Waals surface area contributed by atoms with Crippen LogP contribution in [0.3, 0.4) is 0 Å². The van der Waals surface area contributed by atoms with Crippen LogP contribution in [0.5, 0.6) is 5.75 Å². The van der Waals surface area contributed by atoms with E-state index in [0.29, 0.717) is 13.2 Å². The van der Waals surface area contributed by atoms with Gasteiger partial charge in [-0.25, -0.2) is 0 Å². The van der Waals surface area contributed by atoms with Crippen LogP contribution in [0.15, 0.2) is 66.1 Å².